The number of hydrogen-bond acceptors (Lipinski definition) is 4. The standard InChI is InChI=1S/C19H23F2N3O2S/c20-17-5-3-4-16(14-17)15-27(25,26)22-8-9-23-10-12-24(13-11-23)19-7-2-1-6-18(19)21/h1-7,14,22H,8-13,15H2. The summed E-state index contributed by atoms with van der Waals surface area (Å²) in [7, 11) is -3.51. The quantitative estimate of drug-likeness (QED) is 0.781. The van der Waals surface area contributed by atoms with Gasteiger partial charge in [-0.05, 0) is 29.8 Å². The second kappa shape index (κ2) is 8.77. The van der Waals surface area contributed by atoms with E-state index in [1.54, 1.807) is 18.2 Å². The molecule has 0 unspecified atom stereocenters. The smallest absolute Gasteiger partial charge is 0.215 e. The number of nitrogens with zero attached hydrogens (tertiary/aromatic N) is 2. The molecule has 1 fully saturated rings. The van der Waals surface area contributed by atoms with Crippen molar-refractivity contribution in [3.05, 3.63) is 65.7 Å². The lowest BCUT2D eigenvalue weighted by Crippen LogP contribution is -2.48. The maximum atomic E-state index is 13.9. The van der Waals surface area contributed by atoms with Gasteiger partial charge in [0, 0.05) is 39.3 Å². The minimum absolute atomic E-state index is 0.226. The molecule has 0 radical (unpaired) electrons. The molecule has 0 bridgehead atoms. The van der Waals surface area contributed by atoms with Crippen molar-refractivity contribution >= 4 is 15.7 Å². The predicted molar refractivity (Wildman–Crippen MR) is 102 cm³/mol. The first-order chi connectivity index (χ1) is 12.9. The van der Waals surface area contributed by atoms with Crippen molar-refractivity contribution in [1.29, 1.82) is 0 Å². The molecular formula is C19H23F2N3O2S. The summed E-state index contributed by atoms with van der Waals surface area (Å²) >= 11 is 0. The third-order valence-corrected chi connectivity index (χ3v) is 5.92. The van der Waals surface area contributed by atoms with E-state index in [9.17, 15) is 17.2 Å². The van der Waals surface area contributed by atoms with Crippen LogP contribution in [0.25, 0.3) is 0 Å². The van der Waals surface area contributed by atoms with Gasteiger partial charge in [0.1, 0.15) is 11.6 Å². The molecule has 0 atom stereocenters. The number of halogens is 2. The van der Waals surface area contributed by atoms with E-state index >= 15 is 0 Å². The number of benzene rings is 2. The molecule has 5 nitrogen and oxygen atoms in total. The van der Waals surface area contributed by atoms with Gasteiger partial charge in [-0.15, -0.1) is 0 Å². The molecule has 8 heteroatoms. The van der Waals surface area contributed by atoms with Crippen molar-refractivity contribution in [3.8, 4) is 0 Å². The molecule has 27 heavy (non-hydrogen) atoms. The Bertz CT molecular complexity index is 869. The molecule has 0 spiro atoms. The molecule has 146 valence electrons. The molecule has 2 aromatic carbocycles. The van der Waals surface area contributed by atoms with Crippen LogP contribution in [-0.4, -0.2) is 52.6 Å². The molecule has 1 heterocycles. The van der Waals surface area contributed by atoms with Gasteiger partial charge >= 0.3 is 0 Å². The Morgan fingerprint density at radius 1 is 0.963 bits per heavy atom. The maximum Gasteiger partial charge on any atom is 0.215 e. The highest BCUT2D eigenvalue weighted by Gasteiger charge is 2.19. The zero-order valence-electron chi connectivity index (χ0n) is 14.9. The van der Waals surface area contributed by atoms with Gasteiger partial charge in [0.15, 0.2) is 0 Å². The average molecular weight is 395 g/mol. The maximum absolute atomic E-state index is 13.9. The summed E-state index contributed by atoms with van der Waals surface area (Å²) in [5.74, 6) is -0.919. The SMILES string of the molecule is O=S(=O)(Cc1cccc(F)c1)NCCN1CCN(c2ccccc2F)CC1. The lowest BCUT2D eigenvalue weighted by molar-refractivity contribution is 0.261. The Hall–Kier alpha value is -2.03. The van der Waals surface area contributed by atoms with Crippen LogP contribution in [0.1, 0.15) is 5.56 Å². The monoisotopic (exact) mass is 395 g/mol. The van der Waals surface area contributed by atoms with Crippen molar-refractivity contribution in [2.24, 2.45) is 0 Å². The summed E-state index contributed by atoms with van der Waals surface area (Å²) < 4.78 is 53.8. The Labute approximate surface area is 158 Å². The van der Waals surface area contributed by atoms with Gasteiger partial charge in [0.05, 0.1) is 11.4 Å². The first-order valence-electron chi connectivity index (χ1n) is 8.86. The fourth-order valence-electron chi connectivity index (χ4n) is 3.18. The molecule has 2 aromatic rings. The van der Waals surface area contributed by atoms with Crippen molar-refractivity contribution in [2.45, 2.75) is 5.75 Å². The number of sulfonamides is 1. The Morgan fingerprint density at radius 2 is 1.70 bits per heavy atom. The van der Waals surface area contributed by atoms with Gasteiger partial charge in [-0.2, -0.15) is 0 Å². The van der Waals surface area contributed by atoms with E-state index in [0.29, 0.717) is 30.9 Å². The van der Waals surface area contributed by atoms with Crippen LogP contribution in [0.15, 0.2) is 48.5 Å². The Morgan fingerprint density at radius 3 is 2.41 bits per heavy atom. The van der Waals surface area contributed by atoms with E-state index in [2.05, 4.69) is 9.62 Å². The van der Waals surface area contributed by atoms with E-state index in [4.69, 9.17) is 0 Å². The minimum Gasteiger partial charge on any atom is -0.367 e. The van der Waals surface area contributed by atoms with Crippen molar-refractivity contribution < 1.29 is 17.2 Å². The van der Waals surface area contributed by atoms with Gasteiger partial charge in [-0.1, -0.05) is 24.3 Å². The van der Waals surface area contributed by atoms with Gasteiger partial charge < -0.3 is 4.90 Å². The number of nitrogens with one attached hydrogen (secondary N) is 1. The average Bonchev–Trinajstić information content (AvgIpc) is 2.62. The third kappa shape index (κ3) is 5.72. The zero-order valence-corrected chi connectivity index (χ0v) is 15.8. The van der Waals surface area contributed by atoms with Crippen molar-refractivity contribution in [3.63, 3.8) is 0 Å². The topological polar surface area (TPSA) is 52.7 Å². The molecule has 3 rings (SSSR count). The molecule has 1 saturated heterocycles. The second-order valence-electron chi connectivity index (χ2n) is 6.56. The first kappa shape index (κ1) is 19.7. The van der Waals surface area contributed by atoms with Crippen LogP contribution in [0.2, 0.25) is 0 Å². The van der Waals surface area contributed by atoms with Crippen LogP contribution in [0.5, 0.6) is 0 Å². The lowest BCUT2D eigenvalue weighted by atomic mass is 10.2. The predicted octanol–water partition coefficient (Wildman–Crippen LogP) is 2.21. The molecule has 0 aliphatic carbocycles. The molecule has 0 saturated carbocycles. The van der Waals surface area contributed by atoms with Gasteiger partial charge in [-0.25, -0.2) is 21.9 Å². The molecule has 0 amide bonds. The van der Waals surface area contributed by atoms with E-state index in [1.807, 2.05) is 11.0 Å². The van der Waals surface area contributed by atoms with E-state index < -0.39 is 15.8 Å². The summed E-state index contributed by atoms with van der Waals surface area (Å²) in [5.41, 5.74) is 1.02. The highest BCUT2D eigenvalue weighted by atomic mass is 32.2. The largest absolute Gasteiger partial charge is 0.367 e. The van der Waals surface area contributed by atoms with Crippen LogP contribution < -0.4 is 9.62 Å². The van der Waals surface area contributed by atoms with Gasteiger partial charge in [0.25, 0.3) is 0 Å². The summed E-state index contributed by atoms with van der Waals surface area (Å²) in [6.07, 6.45) is 0. The van der Waals surface area contributed by atoms with Crippen molar-refractivity contribution in [2.75, 3.05) is 44.2 Å². The zero-order chi connectivity index (χ0) is 19.3. The summed E-state index contributed by atoms with van der Waals surface area (Å²) in [6, 6.07) is 12.3. The number of rotatable bonds is 7. The summed E-state index contributed by atoms with van der Waals surface area (Å²) in [4.78, 5) is 4.14. The van der Waals surface area contributed by atoms with Crippen LogP contribution in [0.3, 0.4) is 0 Å². The normalized spacial score (nSPS) is 15.9. The highest BCUT2D eigenvalue weighted by Crippen LogP contribution is 2.19. The Kier molecular flexibility index (Phi) is 6.41. The van der Waals surface area contributed by atoms with Gasteiger partial charge in [-0.3, -0.25) is 4.90 Å². The molecule has 1 aliphatic rings. The van der Waals surface area contributed by atoms with E-state index in [0.717, 1.165) is 13.1 Å². The first-order valence-corrected chi connectivity index (χ1v) is 10.5. The van der Waals surface area contributed by atoms with Crippen LogP contribution >= 0.6 is 0 Å². The van der Waals surface area contributed by atoms with Crippen molar-refractivity contribution in [1.82, 2.24) is 9.62 Å². The Balaban J connectivity index is 1.43. The lowest BCUT2D eigenvalue weighted by Gasteiger charge is -2.36. The fraction of sp³-hybridized carbons (Fsp3) is 0.368. The molecular weight excluding hydrogens is 372 g/mol. The third-order valence-electron chi connectivity index (χ3n) is 4.56. The highest BCUT2D eigenvalue weighted by molar-refractivity contribution is 7.88. The molecule has 1 aliphatic heterocycles. The fourth-order valence-corrected chi connectivity index (χ4v) is 4.30. The number of para-hydroxylation sites is 1. The molecule has 0 aromatic heterocycles. The molecule has 1 N–H and O–H groups in total. The number of hydrogen-bond donors (Lipinski definition) is 1. The second-order valence-corrected chi connectivity index (χ2v) is 8.37. The van der Waals surface area contributed by atoms with Crippen LogP contribution in [-0.2, 0) is 15.8 Å². The minimum atomic E-state index is -3.51. The summed E-state index contributed by atoms with van der Waals surface area (Å²) in [5, 5.41) is 0. The van der Waals surface area contributed by atoms with E-state index in [1.165, 1.54) is 24.3 Å². The summed E-state index contributed by atoms with van der Waals surface area (Å²) in [6.45, 7) is 3.72. The van der Waals surface area contributed by atoms with E-state index in [-0.39, 0.29) is 18.1 Å². The van der Waals surface area contributed by atoms with Gasteiger partial charge in [0.2, 0.25) is 10.0 Å². The van der Waals surface area contributed by atoms with Crippen LogP contribution in [0.4, 0.5) is 14.5 Å². The number of anilines is 1. The van der Waals surface area contributed by atoms with Crippen LogP contribution in [0, 0.1) is 11.6 Å². The number of piperazine rings is 1.